The van der Waals surface area contributed by atoms with E-state index in [9.17, 15) is 5.11 Å². The number of morpholine rings is 1. The van der Waals surface area contributed by atoms with E-state index < -0.39 is 6.10 Å². The topological polar surface area (TPSA) is 62.2 Å². The van der Waals surface area contributed by atoms with Crippen molar-refractivity contribution in [2.24, 2.45) is 0 Å². The summed E-state index contributed by atoms with van der Waals surface area (Å²) in [5.41, 5.74) is 0. The van der Waals surface area contributed by atoms with E-state index in [0.29, 0.717) is 26.3 Å². The molecule has 2 N–H and O–H groups in total. The van der Waals surface area contributed by atoms with Crippen LogP contribution >= 0.6 is 0 Å². The predicted octanol–water partition coefficient (Wildman–Crippen LogP) is -0.925. The minimum absolute atomic E-state index is 0.0313. The van der Waals surface area contributed by atoms with Crippen LogP contribution in [0.15, 0.2) is 0 Å². The largest absolute Gasteiger partial charge is 0.394 e. The van der Waals surface area contributed by atoms with Gasteiger partial charge in [-0.15, -0.1) is 0 Å². The van der Waals surface area contributed by atoms with E-state index in [0.717, 1.165) is 0 Å². The third-order valence-electron chi connectivity index (χ3n) is 2.64. The molecule has 0 aromatic heterocycles. The monoisotopic (exact) mass is 219 g/mol. The van der Waals surface area contributed by atoms with Crippen molar-refractivity contribution in [3.63, 3.8) is 0 Å². The molecule has 1 saturated heterocycles. The molecule has 0 bridgehead atoms. The molecule has 0 aliphatic carbocycles. The second-order valence-electron chi connectivity index (χ2n) is 4.05. The molecule has 3 unspecified atom stereocenters. The van der Waals surface area contributed by atoms with Gasteiger partial charge in [-0.05, 0) is 6.92 Å². The average Bonchev–Trinajstić information content (AvgIpc) is 2.21. The third kappa shape index (κ3) is 4.04. The molecule has 0 spiro atoms. The van der Waals surface area contributed by atoms with Crippen LogP contribution in [-0.2, 0) is 9.47 Å². The second-order valence-corrected chi connectivity index (χ2v) is 4.05. The van der Waals surface area contributed by atoms with E-state index in [4.69, 9.17) is 14.6 Å². The van der Waals surface area contributed by atoms with Crippen LogP contribution in [0.25, 0.3) is 0 Å². The van der Waals surface area contributed by atoms with Crippen molar-refractivity contribution in [1.82, 2.24) is 4.90 Å². The first-order valence-corrected chi connectivity index (χ1v) is 5.30. The van der Waals surface area contributed by atoms with E-state index in [1.54, 1.807) is 7.11 Å². The van der Waals surface area contributed by atoms with E-state index >= 15 is 0 Å². The Hall–Kier alpha value is -0.200. The van der Waals surface area contributed by atoms with Gasteiger partial charge >= 0.3 is 0 Å². The van der Waals surface area contributed by atoms with E-state index in [1.807, 2.05) is 6.92 Å². The highest BCUT2D eigenvalue weighted by molar-refractivity contribution is 4.78. The molecule has 5 nitrogen and oxygen atoms in total. The number of aliphatic hydroxyl groups excluding tert-OH is 2. The van der Waals surface area contributed by atoms with Gasteiger partial charge in [0.1, 0.15) is 0 Å². The maximum atomic E-state index is 9.61. The van der Waals surface area contributed by atoms with Crippen LogP contribution in [0.5, 0.6) is 0 Å². The van der Waals surface area contributed by atoms with Gasteiger partial charge in [0.15, 0.2) is 0 Å². The van der Waals surface area contributed by atoms with Crippen LogP contribution < -0.4 is 0 Å². The highest BCUT2D eigenvalue weighted by atomic mass is 16.5. The Morgan fingerprint density at radius 1 is 1.60 bits per heavy atom. The Kier molecular flexibility index (Phi) is 5.49. The molecule has 1 fully saturated rings. The average molecular weight is 219 g/mol. The Balaban J connectivity index is 2.36. The standard InChI is InChI=1S/C10H21NO4/c1-8-6-15-10(5-12)4-11(8)3-9(13)7-14-2/h8-10,12-13H,3-7H2,1-2H3. The fourth-order valence-electron chi connectivity index (χ4n) is 1.76. The first-order valence-electron chi connectivity index (χ1n) is 5.30. The first kappa shape index (κ1) is 12.9. The first-order chi connectivity index (χ1) is 7.17. The van der Waals surface area contributed by atoms with Crippen LogP contribution in [0.1, 0.15) is 6.92 Å². The lowest BCUT2D eigenvalue weighted by Gasteiger charge is -2.38. The minimum Gasteiger partial charge on any atom is -0.394 e. The zero-order valence-corrected chi connectivity index (χ0v) is 9.43. The highest BCUT2D eigenvalue weighted by Crippen LogP contribution is 2.11. The maximum absolute atomic E-state index is 9.61. The van der Waals surface area contributed by atoms with Crippen LogP contribution in [0.2, 0.25) is 0 Å². The fourth-order valence-corrected chi connectivity index (χ4v) is 1.76. The summed E-state index contributed by atoms with van der Waals surface area (Å²) in [4.78, 5) is 2.12. The van der Waals surface area contributed by atoms with Gasteiger partial charge in [0.2, 0.25) is 0 Å². The van der Waals surface area contributed by atoms with E-state index in [2.05, 4.69) is 4.90 Å². The summed E-state index contributed by atoms with van der Waals surface area (Å²) in [6, 6.07) is 0.277. The summed E-state index contributed by atoms with van der Waals surface area (Å²) in [5, 5.41) is 18.6. The molecule has 15 heavy (non-hydrogen) atoms. The number of methoxy groups -OCH3 is 1. The molecule has 1 heterocycles. The van der Waals surface area contributed by atoms with Crippen LogP contribution in [0.3, 0.4) is 0 Å². The number of aliphatic hydroxyl groups is 2. The zero-order valence-electron chi connectivity index (χ0n) is 9.43. The van der Waals surface area contributed by atoms with Crippen LogP contribution in [-0.4, -0.2) is 73.4 Å². The van der Waals surface area contributed by atoms with E-state index in [1.165, 1.54) is 0 Å². The fraction of sp³-hybridized carbons (Fsp3) is 1.00. The molecule has 1 aliphatic rings. The molecular weight excluding hydrogens is 198 g/mol. The number of hydrogen-bond donors (Lipinski definition) is 2. The zero-order chi connectivity index (χ0) is 11.3. The quantitative estimate of drug-likeness (QED) is 0.626. The molecular formula is C10H21NO4. The van der Waals surface area contributed by atoms with Gasteiger partial charge in [0.25, 0.3) is 0 Å². The lowest BCUT2D eigenvalue weighted by atomic mass is 10.2. The molecule has 90 valence electrons. The summed E-state index contributed by atoms with van der Waals surface area (Å²) in [6.07, 6.45) is -0.606. The minimum atomic E-state index is -0.477. The molecule has 3 atom stereocenters. The predicted molar refractivity (Wildman–Crippen MR) is 55.7 cm³/mol. The summed E-state index contributed by atoms with van der Waals surface area (Å²) >= 11 is 0. The molecule has 0 saturated carbocycles. The number of rotatable bonds is 5. The van der Waals surface area contributed by atoms with Crippen molar-refractivity contribution in [3.8, 4) is 0 Å². The summed E-state index contributed by atoms with van der Waals surface area (Å²) in [5.74, 6) is 0. The molecule has 5 heteroatoms. The van der Waals surface area contributed by atoms with Crippen LogP contribution in [0.4, 0.5) is 0 Å². The van der Waals surface area contributed by atoms with Gasteiger partial charge in [-0.25, -0.2) is 0 Å². The van der Waals surface area contributed by atoms with Crippen molar-refractivity contribution in [3.05, 3.63) is 0 Å². The second kappa shape index (κ2) is 6.40. The highest BCUT2D eigenvalue weighted by Gasteiger charge is 2.26. The van der Waals surface area contributed by atoms with Gasteiger partial charge in [-0.3, -0.25) is 4.90 Å². The lowest BCUT2D eigenvalue weighted by Crippen LogP contribution is -2.52. The Bertz CT molecular complexity index is 179. The Morgan fingerprint density at radius 3 is 2.93 bits per heavy atom. The number of nitrogens with zero attached hydrogens (tertiary/aromatic N) is 1. The number of β-amino-alcohol motifs (C(OH)–C–C–N with tert-alkyl or cyclic N) is 1. The molecule has 0 amide bonds. The number of hydrogen-bond acceptors (Lipinski definition) is 5. The lowest BCUT2D eigenvalue weighted by molar-refractivity contribution is -0.0905. The van der Waals surface area contributed by atoms with E-state index in [-0.39, 0.29) is 18.8 Å². The molecule has 0 aromatic carbocycles. The SMILES string of the molecule is COCC(O)CN1CC(CO)OCC1C. The van der Waals surface area contributed by atoms with Crippen LogP contribution in [0, 0.1) is 0 Å². The van der Waals surface area contributed by atoms with Crippen molar-refractivity contribution >= 4 is 0 Å². The van der Waals surface area contributed by atoms with Crippen molar-refractivity contribution in [2.75, 3.05) is 40.0 Å². The molecule has 0 aromatic rings. The Labute approximate surface area is 90.6 Å². The van der Waals surface area contributed by atoms with Crippen molar-refractivity contribution in [1.29, 1.82) is 0 Å². The maximum Gasteiger partial charge on any atom is 0.0933 e. The molecule has 1 aliphatic heterocycles. The normalized spacial score (nSPS) is 30.4. The smallest absolute Gasteiger partial charge is 0.0933 e. The molecule has 0 radical (unpaired) electrons. The summed E-state index contributed by atoms with van der Waals surface area (Å²) in [6.45, 7) is 4.25. The van der Waals surface area contributed by atoms with Gasteiger partial charge in [-0.2, -0.15) is 0 Å². The number of ether oxygens (including phenoxy) is 2. The molecule has 1 rings (SSSR count). The Morgan fingerprint density at radius 2 is 2.33 bits per heavy atom. The summed E-state index contributed by atoms with van der Waals surface area (Å²) in [7, 11) is 1.57. The van der Waals surface area contributed by atoms with Gasteiger partial charge in [0, 0.05) is 26.2 Å². The summed E-state index contributed by atoms with van der Waals surface area (Å²) < 4.78 is 10.3. The van der Waals surface area contributed by atoms with Crippen molar-refractivity contribution in [2.45, 2.75) is 25.2 Å². The van der Waals surface area contributed by atoms with Crippen molar-refractivity contribution < 1.29 is 19.7 Å². The van der Waals surface area contributed by atoms with Gasteiger partial charge in [-0.1, -0.05) is 0 Å². The van der Waals surface area contributed by atoms with Gasteiger partial charge < -0.3 is 19.7 Å². The third-order valence-corrected chi connectivity index (χ3v) is 2.64. The van der Waals surface area contributed by atoms with Gasteiger partial charge in [0.05, 0.1) is 32.0 Å².